The number of nitrogens with zero attached hydrogens (tertiary/aromatic N) is 3. The summed E-state index contributed by atoms with van der Waals surface area (Å²) in [4.78, 5) is 37.4. The number of piperidine rings is 1. The van der Waals surface area contributed by atoms with E-state index >= 15 is 4.39 Å². The van der Waals surface area contributed by atoms with Crippen LogP contribution >= 0.6 is 0 Å². The van der Waals surface area contributed by atoms with Crippen molar-refractivity contribution in [3.8, 4) is 5.75 Å². The SMILES string of the molecule is COc1cccc(F)c1CN1C[C@H](NC(=O)C2CCC3NNC(c4ccnc(C)c4)C3C2)CC[C@H]1C(=O)Nc1ccncc1. The largest absolute Gasteiger partial charge is 0.496 e. The minimum absolute atomic E-state index is 0.0492. The number of hydrogen-bond acceptors (Lipinski definition) is 8. The number of aromatic nitrogens is 2. The van der Waals surface area contributed by atoms with Crippen LogP contribution in [0.25, 0.3) is 0 Å². The predicted molar refractivity (Wildman–Crippen MR) is 164 cm³/mol. The van der Waals surface area contributed by atoms with Crippen molar-refractivity contribution in [2.45, 2.75) is 69.7 Å². The monoisotopic (exact) mass is 601 g/mol. The van der Waals surface area contributed by atoms with Gasteiger partial charge in [0, 0.05) is 66.6 Å². The molecule has 4 unspecified atom stereocenters. The molecule has 11 heteroatoms. The molecule has 0 radical (unpaired) electrons. The summed E-state index contributed by atoms with van der Waals surface area (Å²) in [7, 11) is 1.51. The number of nitrogens with one attached hydrogen (secondary N) is 4. The summed E-state index contributed by atoms with van der Waals surface area (Å²) < 4.78 is 20.5. The van der Waals surface area contributed by atoms with Gasteiger partial charge in [-0.15, -0.1) is 0 Å². The van der Waals surface area contributed by atoms with E-state index in [0.29, 0.717) is 48.3 Å². The molecule has 2 amide bonds. The number of ether oxygens (including phenoxy) is 1. The number of hydrogen-bond donors (Lipinski definition) is 4. The van der Waals surface area contributed by atoms with Crippen LogP contribution < -0.4 is 26.2 Å². The Hall–Kier alpha value is -3.93. The third-order valence-corrected chi connectivity index (χ3v) is 9.34. The van der Waals surface area contributed by atoms with Gasteiger partial charge in [0.25, 0.3) is 0 Å². The van der Waals surface area contributed by atoms with E-state index in [2.05, 4.69) is 37.5 Å². The standard InChI is InChI=1S/C33H40FN7O3/c1-20-16-21(10-15-36-20)31-25-17-22(6-8-28(25)39-40-31)32(42)38-24-7-9-29(33(43)37-23-11-13-35-14-12-23)41(18-24)19-26-27(34)4-3-5-30(26)44-2/h3-5,10-16,22,24-25,28-29,31,39-40H,6-9,17-19H2,1-2H3,(H,38,42)(H,35,37,43)/t22?,24-,25?,28?,29+,31?/m1/s1. The Balaban J connectivity index is 1.15. The quantitative estimate of drug-likeness (QED) is 0.309. The smallest absolute Gasteiger partial charge is 0.241 e. The second-order valence-electron chi connectivity index (χ2n) is 12.2. The molecule has 4 heterocycles. The van der Waals surface area contributed by atoms with Crippen molar-refractivity contribution in [2.24, 2.45) is 11.8 Å². The molecule has 3 aliphatic rings. The fourth-order valence-corrected chi connectivity index (χ4v) is 7.09. The maximum absolute atomic E-state index is 15.0. The predicted octanol–water partition coefficient (Wildman–Crippen LogP) is 3.65. The Labute approximate surface area is 257 Å². The molecule has 6 rings (SSSR count). The lowest BCUT2D eigenvalue weighted by molar-refractivity contribution is -0.128. The number of hydrazine groups is 1. The molecule has 2 aliphatic heterocycles. The zero-order chi connectivity index (χ0) is 30.6. The summed E-state index contributed by atoms with van der Waals surface area (Å²) in [6.45, 7) is 2.58. The first-order valence-electron chi connectivity index (χ1n) is 15.4. The number of rotatable bonds is 8. The van der Waals surface area contributed by atoms with Gasteiger partial charge in [-0.05, 0) is 86.9 Å². The number of amides is 2. The molecular weight excluding hydrogens is 561 g/mol. The lowest BCUT2D eigenvalue weighted by atomic mass is 9.74. The van der Waals surface area contributed by atoms with Crippen molar-refractivity contribution in [3.63, 3.8) is 0 Å². The Morgan fingerprint density at radius 2 is 1.89 bits per heavy atom. The summed E-state index contributed by atoms with van der Waals surface area (Å²) in [5.74, 6) is 0.105. The third kappa shape index (κ3) is 6.59. The first-order chi connectivity index (χ1) is 21.4. The maximum Gasteiger partial charge on any atom is 0.241 e. The van der Waals surface area contributed by atoms with E-state index in [1.54, 1.807) is 36.7 Å². The third-order valence-electron chi connectivity index (χ3n) is 9.34. The number of anilines is 1. The number of fused-ring (bicyclic) bond motifs is 1. The molecule has 44 heavy (non-hydrogen) atoms. The Bertz CT molecular complexity index is 1470. The van der Waals surface area contributed by atoms with E-state index in [1.807, 2.05) is 24.1 Å². The van der Waals surface area contributed by atoms with E-state index in [4.69, 9.17) is 4.74 Å². The van der Waals surface area contributed by atoms with Gasteiger partial charge in [0.15, 0.2) is 0 Å². The zero-order valence-electron chi connectivity index (χ0n) is 25.1. The summed E-state index contributed by atoms with van der Waals surface area (Å²) in [6.07, 6.45) is 8.74. The zero-order valence-corrected chi connectivity index (χ0v) is 25.1. The highest BCUT2D eigenvalue weighted by atomic mass is 19.1. The maximum atomic E-state index is 15.0. The van der Waals surface area contributed by atoms with Gasteiger partial charge >= 0.3 is 0 Å². The number of methoxy groups -OCH3 is 1. The van der Waals surface area contributed by atoms with Crippen molar-refractivity contribution >= 4 is 17.5 Å². The van der Waals surface area contributed by atoms with Crippen LogP contribution in [0.2, 0.25) is 0 Å². The molecule has 1 aliphatic carbocycles. The van der Waals surface area contributed by atoms with Crippen LogP contribution in [0.3, 0.4) is 0 Å². The van der Waals surface area contributed by atoms with Gasteiger partial charge in [-0.2, -0.15) is 0 Å². The molecule has 6 atom stereocenters. The molecule has 2 saturated heterocycles. The van der Waals surface area contributed by atoms with Gasteiger partial charge in [0.2, 0.25) is 11.8 Å². The molecule has 4 N–H and O–H groups in total. The molecule has 0 spiro atoms. The second kappa shape index (κ2) is 13.4. The van der Waals surface area contributed by atoms with Crippen LogP contribution in [0.4, 0.5) is 10.1 Å². The molecular formula is C33H40FN7O3. The van der Waals surface area contributed by atoms with E-state index < -0.39 is 11.9 Å². The van der Waals surface area contributed by atoms with E-state index in [1.165, 1.54) is 18.7 Å². The number of aryl methyl sites for hydroxylation is 1. The average molecular weight is 602 g/mol. The summed E-state index contributed by atoms with van der Waals surface area (Å²) >= 11 is 0. The van der Waals surface area contributed by atoms with Crippen LogP contribution in [0.15, 0.2) is 61.1 Å². The second-order valence-corrected chi connectivity index (χ2v) is 12.2. The van der Waals surface area contributed by atoms with Crippen LogP contribution in [0.1, 0.15) is 55.0 Å². The van der Waals surface area contributed by atoms with Gasteiger partial charge in [-0.25, -0.2) is 9.82 Å². The number of pyridine rings is 2. The van der Waals surface area contributed by atoms with E-state index in [9.17, 15) is 9.59 Å². The summed E-state index contributed by atoms with van der Waals surface area (Å²) in [5.41, 5.74) is 10.1. The van der Waals surface area contributed by atoms with Crippen molar-refractivity contribution in [1.29, 1.82) is 0 Å². The fraction of sp³-hybridized carbons (Fsp3) is 0.455. The Morgan fingerprint density at radius 3 is 2.68 bits per heavy atom. The van der Waals surface area contributed by atoms with Crippen molar-refractivity contribution in [1.82, 2.24) is 31.0 Å². The number of likely N-dealkylation sites (tertiary alicyclic amines) is 1. The van der Waals surface area contributed by atoms with Gasteiger partial charge in [0.05, 0.1) is 19.2 Å². The van der Waals surface area contributed by atoms with Gasteiger partial charge in [0.1, 0.15) is 11.6 Å². The van der Waals surface area contributed by atoms with Crippen molar-refractivity contribution in [3.05, 3.63) is 83.7 Å². The fourth-order valence-electron chi connectivity index (χ4n) is 7.09. The first kappa shape index (κ1) is 30.1. The van der Waals surface area contributed by atoms with Gasteiger partial charge in [-0.3, -0.25) is 29.9 Å². The Kier molecular flexibility index (Phi) is 9.15. The van der Waals surface area contributed by atoms with Crippen molar-refractivity contribution in [2.75, 3.05) is 19.0 Å². The Morgan fingerprint density at radius 1 is 1.05 bits per heavy atom. The summed E-state index contributed by atoms with van der Waals surface area (Å²) in [5, 5.41) is 6.28. The number of carbonyl (C=O) groups excluding carboxylic acids is 2. The van der Waals surface area contributed by atoms with E-state index in [0.717, 1.165) is 25.0 Å². The lowest BCUT2D eigenvalue weighted by Gasteiger charge is -2.40. The van der Waals surface area contributed by atoms with Gasteiger partial charge < -0.3 is 15.4 Å². The number of halogens is 1. The molecule has 10 nitrogen and oxygen atoms in total. The first-order valence-corrected chi connectivity index (χ1v) is 15.4. The van der Waals surface area contributed by atoms with Crippen LogP contribution in [0, 0.1) is 24.6 Å². The van der Waals surface area contributed by atoms with E-state index in [-0.39, 0.29) is 36.4 Å². The summed E-state index contributed by atoms with van der Waals surface area (Å²) in [6, 6.07) is 12.1. The molecule has 1 aromatic carbocycles. The minimum atomic E-state index is -0.503. The molecule has 3 aromatic rings. The minimum Gasteiger partial charge on any atom is -0.496 e. The highest BCUT2D eigenvalue weighted by Gasteiger charge is 2.43. The molecule has 232 valence electrons. The number of benzene rings is 1. The van der Waals surface area contributed by atoms with Crippen molar-refractivity contribution < 1.29 is 18.7 Å². The topological polar surface area (TPSA) is 121 Å². The van der Waals surface area contributed by atoms with Crippen LogP contribution in [-0.2, 0) is 16.1 Å². The van der Waals surface area contributed by atoms with Crippen LogP contribution in [-0.4, -0.2) is 58.5 Å². The highest BCUT2D eigenvalue weighted by Crippen LogP contribution is 2.40. The van der Waals surface area contributed by atoms with Crippen LogP contribution in [0.5, 0.6) is 5.75 Å². The molecule has 3 fully saturated rings. The molecule has 2 aromatic heterocycles. The van der Waals surface area contributed by atoms with Gasteiger partial charge in [-0.1, -0.05) is 6.07 Å². The normalized spacial score (nSPS) is 26.9. The number of carbonyl (C=O) groups is 2. The molecule has 0 bridgehead atoms. The average Bonchev–Trinajstić information content (AvgIpc) is 3.46. The lowest BCUT2D eigenvalue weighted by Crippen LogP contribution is -2.56. The molecule has 1 saturated carbocycles. The highest BCUT2D eigenvalue weighted by molar-refractivity contribution is 5.94.